The molecule has 2 fully saturated rings. The fourth-order valence-corrected chi connectivity index (χ4v) is 3.24. The number of rotatable bonds is 8. The number of hydrogen-bond donors (Lipinski definition) is 1. The first-order chi connectivity index (χ1) is 13.0. The van der Waals surface area contributed by atoms with Crippen LogP contribution in [0.4, 0.5) is 14.9 Å². The maximum atomic E-state index is 14.4. The van der Waals surface area contributed by atoms with Gasteiger partial charge in [0.25, 0.3) is 0 Å². The van der Waals surface area contributed by atoms with Crippen LogP contribution in [0.2, 0.25) is 0 Å². The summed E-state index contributed by atoms with van der Waals surface area (Å²) >= 11 is 1.06. The van der Waals surface area contributed by atoms with Crippen LogP contribution in [-0.4, -0.2) is 61.8 Å². The Morgan fingerprint density at radius 1 is 1.41 bits per heavy atom. The van der Waals surface area contributed by atoms with Gasteiger partial charge in [0.1, 0.15) is 24.4 Å². The van der Waals surface area contributed by atoms with Gasteiger partial charge in [0.2, 0.25) is 5.91 Å². The van der Waals surface area contributed by atoms with Crippen molar-refractivity contribution in [1.29, 1.82) is 0 Å². The van der Waals surface area contributed by atoms with Crippen molar-refractivity contribution in [2.24, 2.45) is 0 Å². The highest BCUT2D eigenvalue weighted by atomic mass is 32.2. The van der Waals surface area contributed by atoms with Crippen molar-refractivity contribution < 1.29 is 32.7 Å². The van der Waals surface area contributed by atoms with Crippen LogP contribution < -0.4 is 15.0 Å². The Morgan fingerprint density at radius 3 is 2.85 bits per heavy atom. The van der Waals surface area contributed by atoms with Crippen LogP contribution >= 0.6 is 12.2 Å². The van der Waals surface area contributed by atoms with Crippen LogP contribution in [0.1, 0.15) is 6.92 Å². The van der Waals surface area contributed by atoms with Crippen molar-refractivity contribution >= 4 is 29.9 Å². The van der Waals surface area contributed by atoms with E-state index in [0.717, 1.165) is 12.2 Å². The minimum atomic E-state index is -0.580. The van der Waals surface area contributed by atoms with E-state index in [1.54, 1.807) is 6.07 Å². The molecule has 1 aromatic rings. The van der Waals surface area contributed by atoms with Crippen molar-refractivity contribution in [3.63, 3.8) is 0 Å². The molecular formula is C16H20FN3O6S. The van der Waals surface area contributed by atoms with E-state index in [1.165, 1.54) is 31.1 Å². The number of carbonyl (C=O) groups is 2. The number of ether oxygens (including phenoxy) is 2. The molecule has 0 spiro atoms. The molecule has 3 rings (SSSR count). The third-order valence-corrected chi connectivity index (χ3v) is 4.70. The Hall–Kier alpha value is -2.08. The maximum absolute atomic E-state index is 14.4. The number of carbonyl (C=O) groups excluding carboxylic acids is 2. The molecule has 2 amide bonds. The van der Waals surface area contributed by atoms with Gasteiger partial charge >= 0.3 is 6.09 Å². The molecule has 1 aromatic carbocycles. The molecule has 0 saturated carbocycles. The topological polar surface area (TPSA) is 89.6 Å². The molecule has 148 valence electrons. The molecule has 2 saturated heterocycles. The Balaban J connectivity index is 1.54. The monoisotopic (exact) mass is 401 g/mol. The Kier molecular flexibility index (Phi) is 6.37. The average Bonchev–Trinajstić information content (AvgIpc) is 2.97. The summed E-state index contributed by atoms with van der Waals surface area (Å²) in [6.07, 6.45) is -1.21. The van der Waals surface area contributed by atoms with E-state index >= 15 is 0 Å². The zero-order valence-corrected chi connectivity index (χ0v) is 15.7. The molecule has 2 aliphatic rings. The quantitative estimate of drug-likeness (QED) is 0.303. The first-order valence-electron chi connectivity index (χ1n) is 8.27. The molecule has 2 aliphatic heterocycles. The molecule has 0 bridgehead atoms. The third kappa shape index (κ3) is 5.01. The van der Waals surface area contributed by atoms with E-state index in [9.17, 15) is 14.0 Å². The number of amides is 2. The number of halogens is 1. The summed E-state index contributed by atoms with van der Waals surface area (Å²) in [5.41, 5.74) is 0.370. The second-order valence-corrected chi connectivity index (χ2v) is 6.87. The van der Waals surface area contributed by atoms with E-state index < -0.39 is 18.0 Å². The van der Waals surface area contributed by atoms with Crippen LogP contribution in [0.5, 0.6) is 5.75 Å². The average molecular weight is 401 g/mol. The maximum Gasteiger partial charge on any atom is 0.414 e. The summed E-state index contributed by atoms with van der Waals surface area (Å²) in [5.74, 6) is -0.660. The van der Waals surface area contributed by atoms with Gasteiger partial charge in [-0.3, -0.25) is 9.69 Å². The van der Waals surface area contributed by atoms with E-state index in [1.807, 2.05) is 4.31 Å². The lowest BCUT2D eigenvalue weighted by Crippen LogP contribution is -2.50. The standard InChI is InChI=1S/C16H20FN3O6S/c1-10(21)18-6-12-9-20(16(22)25-12)11-3-4-15(14(17)5-11)24-13-7-19(8-13)27-26-23-2/h3-5,12-13H,6-9H2,1-2H3,(H,18,21)/t12-/m0/s1. The molecule has 0 aromatic heterocycles. The fraction of sp³-hybridized carbons (Fsp3) is 0.500. The van der Waals surface area contributed by atoms with Gasteiger partial charge in [-0.05, 0) is 12.1 Å². The Bertz CT molecular complexity index is 703. The summed E-state index contributed by atoms with van der Waals surface area (Å²) in [6.45, 7) is 2.96. The van der Waals surface area contributed by atoms with Gasteiger partial charge in [0.05, 0.1) is 25.9 Å². The van der Waals surface area contributed by atoms with Gasteiger partial charge in [-0.1, -0.05) is 0 Å². The predicted molar refractivity (Wildman–Crippen MR) is 94.4 cm³/mol. The second kappa shape index (κ2) is 8.74. The lowest BCUT2D eigenvalue weighted by Gasteiger charge is -2.36. The van der Waals surface area contributed by atoms with E-state index in [-0.39, 0.29) is 30.9 Å². The number of nitrogens with one attached hydrogen (secondary N) is 1. The molecule has 11 heteroatoms. The van der Waals surface area contributed by atoms with Crippen molar-refractivity contribution in [1.82, 2.24) is 9.62 Å². The lowest BCUT2D eigenvalue weighted by atomic mass is 10.2. The smallest absolute Gasteiger partial charge is 0.414 e. The van der Waals surface area contributed by atoms with Gasteiger partial charge < -0.3 is 14.8 Å². The van der Waals surface area contributed by atoms with Crippen LogP contribution in [0, 0.1) is 5.82 Å². The second-order valence-electron chi connectivity index (χ2n) is 6.06. The zero-order chi connectivity index (χ0) is 19.4. The van der Waals surface area contributed by atoms with Gasteiger partial charge in [0, 0.05) is 26.1 Å². The van der Waals surface area contributed by atoms with Crippen LogP contribution in [0.3, 0.4) is 0 Å². The van der Waals surface area contributed by atoms with E-state index in [0.29, 0.717) is 18.8 Å². The number of benzene rings is 1. The summed E-state index contributed by atoms with van der Waals surface area (Å²) in [4.78, 5) is 28.8. The highest BCUT2D eigenvalue weighted by molar-refractivity contribution is 7.92. The number of hydrogen-bond acceptors (Lipinski definition) is 8. The van der Waals surface area contributed by atoms with Gasteiger partial charge in [-0.25, -0.2) is 18.4 Å². The largest absolute Gasteiger partial charge is 0.485 e. The van der Waals surface area contributed by atoms with Crippen molar-refractivity contribution in [3.05, 3.63) is 24.0 Å². The summed E-state index contributed by atoms with van der Waals surface area (Å²) < 4.78 is 31.7. The van der Waals surface area contributed by atoms with Crippen LogP contribution in [-0.2, 0) is 18.8 Å². The number of cyclic esters (lactones) is 1. The van der Waals surface area contributed by atoms with Gasteiger partial charge in [0.15, 0.2) is 11.6 Å². The van der Waals surface area contributed by atoms with E-state index in [4.69, 9.17) is 13.8 Å². The highest BCUT2D eigenvalue weighted by Crippen LogP contribution is 2.30. The Labute approximate surface area is 159 Å². The molecule has 0 radical (unpaired) electrons. The fourth-order valence-electron chi connectivity index (χ4n) is 2.64. The minimum absolute atomic E-state index is 0.114. The van der Waals surface area contributed by atoms with Crippen molar-refractivity contribution in [2.45, 2.75) is 19.1 Å². The SMILES string of the molecule is COOSN1CC(Oc2ccc(N3C[C@H](CNC(C)=O)OC3=O)cc2F)C1. The summed E-state index contributed by atoms with van der Waals surface area (Å²) in [6, 6.07) is 4.32. The molecule has 1 atom stereocenters. The van der Waals surface area contributed by atoms with Crippen LogP contribution in [0.15, 0.2) is 18.2 Å². The zero-order valence-electron chi connectivity index (χ0n) is 14.8. The summed E-state index contributed by atoms with van der Waals surface area (Å²) in [7, 11) is 1.41. The normalized spacial score (nSPS) is 20.3. The molecule has 9 nitrogen and oxygen atoms in total. The van der Waals surface area contributed by atoms with Gasteiger partial charge in [-0.15, -0.1) is 4.33 Å². The predicted octanol–water partition coefficient (Wildman–Crippen LogP) is 1.49. The lowest BCUT2D eigenvalue weighted by molar-refractivity contribution is -0.165. The Morgan fingerprint density at radius 2 is 2.19 bits per heavy atom. The van der Waals surface area contributed by atoms with Crippen LogP contribution in [0.25, 0.3) is 0 Å². The molecular weight excluding hydrogens is 381 g/mol. The molecule has 0 unspecified atom stereocenters. The van der Waals surface area contributed by atoms with Gasteiger partial charge in [-0.2, -0.15) is 0 Å². The highest BCUT2D eigenvalue weighted by Gasteiger charge is 2.34. The van der Waals surface area contributed by atoms with E-state index in [2.05, 4.69) is 10.2 Å². The first kappa shape index (κ1) is 19.7. The third-order valence-electron chi connectivity index (χ3n) is 3.99. The minimum Gasteiger partial charge on any atom is -0.485 e. The molecule has 2 heterocycles. The molecule has 1 N–H and O–H groups in total. The summed E-state index contributed by atoms with van der Waals surface area (Å²) in [5, 5.41) is 2.59. The van der Waals surface area contributed by atoms with Crippen molar-refractivity contribution in [3.8, 4) is 5.75 Å². The number of nitrogens with zero attached hydrogens (tertiary/aromatic N) is 2. The molecule has 0 aliphatic carbocycles. The number of anilines is 1. The first-order valence-corrected chi connectivity index (χ1v) is 8.97. The molecule has 27 heavy (non-hydrogen) atoms. The van der Waals surface area contributed by atoms with Crippen molar-refractivity contribution in [2.75, 3.05) is 38.2 Å².